The first-order valence-electron chi connectivity index (χ1n) is 13.9. The molecule has 0 radical (unpaired) electrons. The van der Waals surface area contributed by atoms with Gasteiger partial charge in [0.05, 0.1) is 13.0 Å². The lowest BCUT2D eigenvalue weighted by molar-refractivity contribution is -0.137. The standard InChI is InChI=1S/C32H33FO6S/c33-29-14-21-3-1-2-20-12-24(39-19-32(36)8-10-40-11-9-32)4-6-26(20)28(21)13-23(29)18-37-25-5-7-27-22(15-31(34)35)17-38-30(27)16-25/h4-7,12-14,16,22,36H,1-3,8-11,15,17-19H2,(H,34,35). The first-order chi connectivity index (χ1) is 19.4. The van der Waals surface area contributed by atoms with Crippen LogP contribution >= 0.6 is 11.8 Å². The van der Waals surface area contributed by atoms with Gasteiger partial charge in [0.2, 0.25) is 0 Å². The number of aryl methyl sites for hydroxylation is 2. The van der Waals surface area contributed by atoms with E-state index in [0.717, 1.165) is 77.2 Å². The van der Waals surface area contributed by atoms with Crippen molar-refractivity contribution in [3.63, 3.8) is 0 Å². The fourth-order valence-corrected chi connectivity index (χ4v) is 7.08. The van der Waals surface area contributed by atoms with Crippen LogP contribution in [-0.2, 0) is 24.2 Å². The van der Waals surface area contributed by atoms with Gasteiger partial charge in [-0.2, -0.15) is 11.8 Å². The van der Waals surface area contributed by atoms with Gasteiger partial charge in [0.1, 0.15) is 41.9 Å². The normalized spacial score (nSPS) is 19.0. The largest absolute Gasteiger partial charge is 0.492 e. The number of halogens is 1. The molecule has 3 aromatic carbocycles. The van der Waals surface area contributed by atoms with Crippen molar-refractivity contribution in [3.8, 4) is 28.4 Å². The average molecular weight is 565 g/mol. The Morgan fingerprint density at radius 3 is 2.55 bits per heavy atom. The maximum absolute atomic E-state index is 15.2. The zero-order valence-electron chi connectivity index (χ0n) is 22.3. The third-order valence-corrected chi connectivity index (χ3v) is 9.13. The van der Waals surface area contributed by atoms with Gasteiger partial charge < -0.3 is 24.4 Å². The molecule has 3 aliphatic rings. The third kappa shape index (κ3) is 5.79. The van der Waals surface area contributed by atoms with E-state index in [1.54, 1.807) is 18.2 Å². The average Bonchev–Trinajstić information content (AvgIpc) is 3.24. The van der Waals surface area contributed by atoms with E-state index < -0.39 is 11.6 Å². The van der Waals surface area contributed by atoms with Crippen LogP contribution in [0.1, 0.15) is 53.9 Å². The van der Waals surface area contributed by atoms with Crippen molar-refractivity contribution in [2.75, 3.05) is 24.7 Å². The van der Waals surface area contributed by atoms with E-state index in [-0.39, 0.29) is 24.8 Å². The zero-order valence-corrected chi connectivity index (χ0v) is 23.1. The number of ether oxygens (including phenoxy) is 3. The monoisotopic (exact) mass is 564 g/mol. The molecule has 8 heteroatoms. The Morgan fingerprint density at radius 1 is 1.00 bits per heavy atom. The van der Waals surface area contributed by atoms with Crippen molar-refractivity contribution in [3.05, 3.63) is 76.6 Å². The second-order valence-corrected chi connectivity index (χ2v) is 12.2. The van der Waals surface area contributed by atoms with Gasteiger partial charge >= 0.3 is 5.97 Å². The molecule has 0 aromatic heterocycles. The Kier molecular flexibility index (Phi) is 7.64. The molecule has 6 nitrogen and oxygen atoms in total. The first-order valence-corrected chi connectivity index (χ1v) is 15.0. The number of hydrogen-bond donors (Lipinski definition) is 2. The van der Waals surface area contributed by atoms with Crippen LogP contribution in [-0.4, -0.2) is 46.5 Å². The van der Waals surface area contributed by atoms with E-state index >= 15 is 4.39 Å². The smallest absolute Gasteiger partial charge is 0.304 e. The number of rotatable bonds is 8. The molecule has 1 aliphatic carbocycles. The lowest BCUT2D eigenvalue weighted by Crippen LogP contribution is -2.39. The Labute approximate surface area is 237 Å². The van der Waals surface area contributed by atoms with E-state index in [1.807, 2.05) is 36.0 Å². The van der Waals surface area contributed by atoms with Crippen molar-refractivity contribution >= 4 is 17.7 Å². The SMILES string of the molecule is O=C(O)CC1COc2cc(OCc3cc4c(cc3F)CCCc3cc(OCC5(O)CCSCC5)ccc3-4)ccc21. The van der Waals surface area contributed by atoms with Gasteiger partial charge in [-0.15, -0.1) is 0 Å². The molecule has 0 amide bonds. The molecular weight excluding hydrogens is 531 g/mol. The summed E-state index contributed by atoms with van der Waals surface area (Å²) >= 11 is 1.87. The lowest BCUT2D eigenvalue weighted by atomic mass is 9.94. The fourth-order valence-electron chi connectivity index (χ4n) is 5.83. The molecule has 1 fully saturated rings. The number of thioether (sulfide) groups is 1. The van der Waals surface area contributed by atoms with Gasteiger partial charge in [-0.05, 0) is 96.2 Å². The Morgan fingerprint density at radius 2 is 1.75 bits per heavy atom. The Balaban J connectivity index is 1.18. The predicted molar refractivity (Wildman–Crippen MR) is 152 cm³/mol. The maximum atomic E-state index is 15.2. The van der Waals surface area contributed by atoms with Gasteiger partial charge in [-0.1, -0.05) is 12.1 Å². The molecule has 40 heavy (non-hydrogen) atoms. The highest BCUT2D eigenvalue weighted by atomic mass is 32.2. The van der Waals surface area contributed by atoms with Gasteiger partial charge in [0.25, 0.3) is 0 Å². The van der Waals surface area contributed by atoms with Crippen LogP contribution in [0, 0.1) is 5.82 Å². The first kappa shape index (κ1) is 27.0. The molecule has 0 spiro atoms. The highest BCUT2D eigenvalue weighted by molar-refractivity contribution is 7.99. The van der Waals surface area contributed by atoms with Crippen molar-refractivity contribution in [1.29, 1.82) is 0 Å². The van der Waals surface area contributed by atoms with Gasteiger partial charge in [0.15, 0.2) is 0 Å². The number of aliphatic hydroxyl groups is 1. The molecule has 1 atom stereocenters. The topological polar surface area (TPSA) is 85.2 Å². The molecule has 1 saturated heterocycles. The van der Waals surface area contributed by atoms with Crippen LogP contribution in [0.3, 0.4) is 0 Å². The Hall–Kier alpha value is -3.23. The molecule has 2 aliphatic heterocycles. The summed E-state index contributed by atoms with van der Waals surface area (Å²) in [5.41, 5.74) is 4.79. The predicted octanol–water partition coefficient (Wildman–Crippen LogP) is 6.15. The van der Waals surface area contributed by atoms with Crippen LogP contribution in [0.25, 0.3) is 11.1 Å². The summed E-state index contributed by atoms with van der Waals surface area (Å²) in [5, 5.41) is 19.9. The van der Waals surface area contributed by atoms with Crippen molar-refractivity contribution in [2.45, 2.75) is 56.7 Å². The van der Waals surface area contributed by atoms with Crippen LogP contribution in [0.5, 0.6) is 17.2 Å². The van der Waals surface area contributed by atoms with Crippen LogP contribution in [0.15, 0.2) is 48.5 Å². The summed E-state index contributed by atoms with van der Waals surface area (Å²) in [7, 11) is 0. The van der Waals surface area contributed by atoms with Crippen LogP contribution in [0.2, 0.25) is 0 Å². The molecule has 1 unspecified atom stereocenters. The molecule has 2 N–H and O–H groups in total. The van der Waals surface area contributed by atoms with E-state index in [4.69, 9.17) is 19.3 Å². The van der Waals surface area contributed by atoms with E-state index in [1.165, 1.54) is 0 Å². The zero-order chi connectivity index (χ0) is 27.7. The molecule has 210 valence electrons. The van der Waals surface area contributed by atoms with E-state index in [9.17, 15) is 9.90 Å². The second kappa shape index (κ2) is 11.3. The number of carboxylic acids is 1. The van der Waals surface area contributed by atoms with Crippen molar-refractivity contribution in [1.82, 2.24) is 0 Å². The number of aliphatic carboxylic acids is 1. The van der Waals surface area contributed by atoms with Crippen LogP contribution < -0.4 is 14.2 Å². The second-order valence-electron chi connectivity index (χ2n) is 11.0. The fraction of sp³-hybridized carbons (Fsp3) is 0.406. The summed E-state index contributed by atoms with van der Waals surface area (Å²) < 4.78 is 32.8. The molecule has 0 bridgehead atoms. The van der Waals surface area contributed by atoms with E-state index in [0.29, 0.717) is 30.3 Å². The number of carbonyl (C=O) groups is 1. The molecular formula is C32H33FO6S. The number of fused-ring (bicyclic) bond motifs is 4. The number of benzene rings is 3. The van der Waals surface area contributed by atoms with Crippen molar-refractivity contribution in [2.24, 2.45) is 0 Å². The van der Waals surface area contributed by atoms with E-state index in [2.05, 4.69) is 6.07 Å². The van der Waals surface area contributed by atoms with Crippen molar-refractivity contribution < 1.29 is 33.6 Å². The summed E-state index contributed by atoms with van der Waals surface area (Å²) in [6.45, 7) is 0.685. The molecule has 3 aromatic rings. The summed E-state index contributed by atoms with van der Waals surface area (Å²) in [6.07, 6.45) is 4.08. The lowest BCUT2D eigenvalue weighted by Gasteiger charge is -2.31. The highest BCUT2D eigenvalue weighted by Crippen LogP contribution is 2.39. The van der Waals surface area contributed by atoms with Gasteiger partial charge in [-0.25, -0.2) is 4.39 Å². The maximum Gasteiger partial charge on any atom is 0.304 e. The molecule has 2 heterocycles. The molecule has 0 saturated carbocycles. The summed E-state index contributed by atoms with van der Waals surface area (Å²) in [5.74, 6) is 2.50. The summed E-state index contributed by atoms with van der Waals surface area (Å²) in [4.78, 5) is 11.1. The van der Waals surface area contributed by atoms with Crippen LogP contribution in [0.4, 0.5) is 4.39 Å². The molecule has 6 rings (SSSR count). The minimum atomic E-state index is -0.858. The quantitative estimate of drug-likeness (QED) is 0.340. The van der Waals surface area contributed by atoms with Gasteiger partial charge in [-0.3, -0.25) is 4.79 Å². The minimum Gasteiger partial charge on any atom is -0.492 e. The number of hydrogen-bond acceptors (Lipinski definition) is 6. The highest BCUT2D eigenvalue weighted by Gasteiger charge is 2.31. The summed E-state index contributed by atoms with van der Waals surface area (Å²) in [6, 6.07) is 14.9. The Bertz CT molecular complexity index is 1420. The van der Waals surface area contributed by atoms with Gasteiger partial charge in [0, 0.05) is 23.1 Å². The minimum absolute atomic E-state index is 0.0179. The third-order valence-electron chi connectivity index (χ3n) is 8.14. The number of carboxylic acid groups (broad SMARTS) is 1.